The number of nitrogens with one attached hydrogen (secondary N) is 1. The second kappa shape index (κ2) is 18.3. The minimum Gasteiger partial charge on any atom is -0.508 e. The van der Waals surface area contributed by atoms with Gasteiger partial charge in [-0.05, 0) is 24.6 Å². The normalized spacial score (nSPS) is 10.9. The highest BCUT2D eigenvalue weighted by Gasteiger charge is 2.15. The summed E-state index contributed by atoms with van der Waals surface area (Å²) in [6.45, 7) is 2.26. The van der Waals surface area contributed by atoms with Gasteiger partial charge in [-0.3, -0.25) is 18.0 Å². The van der Waals surface area contributed by atoms with E-state index in [1.165, 1.54) is 95.2 Å². The minimum absolute atomic E-state index is 0.0822. The van der Waals surface area contributed by atoms with Crippen LogP contribution in [-0.2, 0) is 7.86 Å². The zero-order valence-corrected chi connectivity index (χ0v) is 21.3. The summed E-state index contributed by atoms with van der Waals surface area (Å²) in [4.78, 5) is 24.2. The molecule has 176 valence electrons. The van der Waals surface area contributed by atoms with Gasteiger partial charge in [0.25, 0.3) is 5.91 Å². The van der Waals surface area contributed by atoms with Gasteiger partial charge in [-0.1, -0.05) is 96.8 Å². The van der Waals surface area contributed by atoms with Crippen LogP contribution in [0.4, 0.5) is 0 Å². The number of carbonyl (C=O) groups excluding carboxylic acids is 2. The SMILES string of the molecule is CCCCCCCCCCCCCCCCCC(=O)NC(=O)c1cc(O)ccc1I=O. The van der Waals surface area contributed by atoms with Gasteiger partial charge in [0.15, 0.2) is 21.2 Å². The van der Waals surface area contributed by atoms with Gasteiger partial charge in [-0.15, -0.1) is 0 Å². The van der Waals surface area contributed by atoms with Crippen LogP contribution < -0.4 is 5.32 Å². The molecule has 0 aliphatic rings. The van der Waals surface area contributed by atoms with Crippen LogP contribution in [0.15, 0.2) is 18.2 Å². The van der Waals surface area contributed by atoms with Gasteiger partial charge >= 0.3 is 0 Å². The summed E-state index contributed by atoms with van der Waals surface area (Å²) in [6.07, 6.45) is 19.3. The first-order chi connectivity index (χ1) is 15.1. The van der Waals surface area contributed by atoms with Gasteiger partial charge in [0.1, 0.15) is 5.75 Å². The fourth-order valence-corrected chi connectivity index (χ4v) is 4.63. The maximum atomic E-state index is 12.2. The number of phenolic OH excluding ortho intramolecular Hbond substituents is 1. The van der Waals surface area contributed by atoms with E-state index in [9.17, 15) is 17.8 Å². The molecule has 1 rings (SSSR count). The van der Waals surface area contributed by atoms with Gasteiger partial charge in [0, 0.05) is 6.42 Å². The average molecular weight is 546 g/mol. The predicted molar refractivity (Wildman–Crippen MR) is 134 cm³/mol. The molecular formula is C25H40INO4. The van der Waals surface area contributed by atoms with Crippen LogP contribution in [-0.4, -0.2) is 16.9 Å². The van der Waals surface area contributed by atoms with Crippen LogP contribution in [0.2, 0.25) is 0 Å². The Hall–Kier alpha value is -1.31. The lowest BCUT2D eigenvalue weighted by molar-refractivity contribution is -0.120. The zero-order valence-electron chi connectivity index (χ0n) is 19.1. The molecule has 0 aliphatic heterocycles. The van der Waals surface area contributed by atoms with Crippen LogP contribution in [0.5, 0.6) is 5.75 Å². The molecule has 0 unspecified atom stereocenters. The summed E-state index contributed by atoms with van der Waals surface area (Å²) in [5, 5.41) is 11.9. The third-order valence-corrected chi connectivity index (χ3v) is 6.95. The summed E-state index contributed by atoms with van der Waals surface area (Å²) in [5.74, 6) is -0.994. The molecule has 6 heteroatoms. The van der Waals surface area contributed by atoms with E-state index in [0.717, 1.165) is 19.3 Å². The number of hydrogen-bond acceptors (Lipinski definition) is 4. The molecule has 0 fully saturated rings. The second-order valence-electron chi connectivity index (χ2n) is 8.32. The molecule has 0 atom stereocenters. The fourth-order valence-electron chi connectivity index (χ4n) is 3.67. The standard InChI is InChI=1S/C25H40INO4/c1-2-3-4-5-6-7-8-9-10-11-12-13-14-15-16-17-24(29)27-25(30)22-20-21(28)18-19-23(22)26-31/h18-20,28H,2-17H2,1H3,(H,27,29,30). The molecule has 1 aromatic rings. The van der Waals surface area contributed by atoms with E-state index < -0.39 is 27.1 Å². The number of halogens is 1. The van der Waals surface area contributed by atoms with Gasteiger partial charge in [-0.2, -0.15) is 0 Å². The molecule has 1 aromatic carbocycles. The van der Waals surface area contributed by atoms with Crippen molar-refractivity contribution in [2.24, 2.45) is 0 Å². The summed E-state index contributed by atoms with van der Waals surface area (Å²) in [5.41, 5.74) is 0.118. The van der Waals surface area contributed by atoms with Crippen molar-refractivity contribution in [3.8, 4) is 5.75 Å². The Morgan fingerprint density at radius 3 is 1.77 bits per heavy atom. The van der Waals surface area contributed by atoms with Crippen molar-refractivity contribution in [1.29, 1.82) is 0 Å². The monoisotopic (exact) mass is 545 g/mol. The number of phenols is 1. The predicted octanol–water partition coefficient (Wildman–Crippen LogP) is 7.40. The van der Waals surface area contributed by atoms with E-state index in [4.69, 9.17) is 0 Å². The third-order valence-electron chi connectivity index (χ3n) is 5.54. The summed E-state index contributed by atoms with van der Waals surface area (Å²) in [6, 6.07) is 4.11. The maximum absolute atomic E-state index is 12.2. The molecule has 0 heterocycles. The first-order valence-electron chi connectivity index (χ1n) is 12.0. The van der Waals surface area contributed by atoms with E-state index in [1.807, 2.05) is 0 Å². The number of amides is 2. The molecule has 0 spiro atoms. The van der Waals surface area contributed by atoms with Crippen LogP contribution in [0, 0.1) is 3.57 Å². The Morgan fingerprint density at radius 2 is 1.29 bits per heavy atom. The van der Waals surface area contributed by atoms with Crippen molar-refractivity contribution in [3.63, 3.8) is 0 Å². The number of hydrogen-bond donors (Lipinski definition) is 2. The molecule has 0 aliphatic carbocycles. The van der Waals surface area contributed by atoms with Crippen LogP contribution in [0.3, 0.4) is 0 Å². The van der Waals surface area contributed by atoms with Crippen molar-refractivity contribution < 1.29 is 17.8 Å². The topological polar surface area (TPSA) is 83.5 Å². The number of aromatic hydroxyl groups is 1. The molecule has 0 saturated carbocycles. The van der Waals surface area contributed by atoms with Crippen molar-refractivity contribution in [3.05, 3.63) is 27.3 Å². The number of rotatable bonds is 18. The van der Waals surface area contributed by atoms with Crippen molar-refractivity contribution in [2.75, 3.05) is 0 Å². The molecule has 0 bridgehead atoms. The van der Waals surface area contributed by atoms with Gasteiger partial charge in [0.05, 0.1) is 9.13 Å². The lowest BCUT2D eigenvalue weighted by atomic mass is 10.0. The van der Waals surface area contributed by atoms with Crippen molar-refractivity contribution in [2.45, 2.75) is 110 Å². The van der Waals surface area contributed by atoms with Gasteiger partial charge in [-0.25, -0.2) is 0 Å². The Balaban J connectivity index is 1.99. The smallest absolute Gasteiger partial charge is 0.259 e. The molecule has 2 N–H and O–H groups in total. The quantitative estimate of drug-likeness (QED) is 0.149. The summed E-state index contributed by atoms with van der Waals surface area (Å²) in [7, 11) is 0. The lowest BCUT2D eigenvalue weighted by Crippen LogP contribution is -2.30. The van der Waals surface area contributed by atoms with E-state index >= 15 is 0 Å². The molecule has 2 amide bonds. The molecule has 5 nitrogen and oxygen atoms in total. The Morgan fingerprint density at radius 1 is 0.806 bits per heavy atom. The highest BCUT2D eigenvalue weighted by Crippen LogP contribution is 2.21. The van der Waals surface area contributed by atoms with Gasteiger partial charge < -0.3 is 5.11 Å². The number of carbonyl (C=O) groups is 2. The third kappa shape index (κ3) is 13.7. The Labute approximate surface area is 198 Å². The Bertz CT molecular complexity index is 663. The van der Waals surface area contributed by atoms with Gasteiger partial charge in [0.2, 0.25) is 5.91 Å². The largest absolute Gasteiger partial charge is 0.508 e. The Kier molecular flexibility index (Phi) is 16.3. The molecule has 0 saturated heterocycles. The highest BCUT2D eigenvalue weighted by molar-refractivity contribution is 14.1. The second-order valence-corrected chi connectivity index (χ2v) is 9.92. The molecule has 0 aromatic heterocycles. The average Bonchev–Trinajstić information content (AvgIpc) is 2.76. The fraction of sp³-hybridized carbons (Fsp3) is 0.680. The van der Waals surface area contributed by atoms with Crippen LogP contribution in [0.1, 0.15) is 120 Å². The van der Waals surface area contributed by atoms with E-state index in [0.29, 0.717) is 9.99 Å². The van der Waals surface area contributed by atoms with Crippen LogP contribution >= 0.6 is 21.2 Å². The molecular weight excluding hydrogens is 505 g/mol. The van der Waals surface area contributed by atoms with Crippen LogP contribution in [0.25, 0.3) is 0 Å². The van der Waals surface area contributed by atoms with E-state index in [1.54, 1.807) is 0 Å². The highest BCUT2D eigenvalue weighted by atomic mass is 127. The number of benzene rings is 1. The number of imide groups is 1. The van der Waals surface area contributed by atoms with Crippen molar-refractivity contribution in [1.82, 2.24) is 5.32 Å². The lowest BCUT2D eigenvalue weighted by Gasteiger charge is -2.06. The first-order valence-corrected chi connectivity index (χ1v) is 14.0. The summed E-state index contributed by atoms with van der Waals surface area (Å²) >= 11 is -1.55. The van der Waals surface area contributed by atoms with E-state index in [-0.39, 0.29) is 17.2 Å². The van der Waals surface area contributed by atoms with E-state index in [2.05, 4.69) is 12.2 Å². The summed E-state index contributed by atoms with van der Waals surface area (Å²) < 4.78 is 11.6. The number of unbranched alkanes of at least 4 members (excludes halogenated alkanes) is 14. The zero-order chi connectivity index (χ0) is 22.7. The minimum atomic E-state index is -1.55. The maximum Gasteiger partial charge on any atom is 0.259 e. The molecule has 31 heavy (non-hydrogen) atoms. The van der Waals surface area contributed by atoms with Crippen molar-refractivity contribution >= 4 is 33.0 Å². The molecule has 0 radical (unpaired) electrons. The first kappa shape index (κ1) is 27.7.